The van der Waals surface area contributed by atoms with Gasteiger partial charge < -0.3 is 0 Å². The van der Waals surface area contributed by atoms with Crippen molar-refractivity contribution in [3.05, 3.63) is 59.3 Å². The Morgan fingerprint density at radius 3 is 2.59 bits per heavy atom. The van der Waals surface area contributed by atoms with E-state index in [4.69, 9.17) is 0 Å². The van der Waals surface area contributed by atoms with E-state index in [2.05, 4.69) is 31.0 Å². The van der Waals surface area contributed by atoms with Crippen LogP contribution in [0.5, 0.6) is 0 Å². The molecule has 17 heavy (non-hydrogen) atoms. The zero-order valence-corrected chi connectivity index (χ0v) is 10.8. The third kappa shape index (κ3) is 3.01. The molecular formula is C14H15NOS. The molecule has 1 aromatic heterocycles. The Morgan fingerprint density at radius 1 is 1.12 bits per heavy atom. The van der Waals surface area contributed by atoms with Crippen LogP contribution in [0.15, 0.2) is 47.6 Å². The van der Waals surface area contributed by atoms with E-state index in [1.807, 2.05) is 18.2 Å². The summed E-state index contributed by atoms with van der Waals surface area (Å²) in [5.74, 6) is 0.526. The number of nitrogens with zero attached hydrogens (tertiary/aromatic N) is 1. The molecule has 2 nitrogen and oxygen atoms in total. The minimum Gasteiger partial charge on any atom is -0.252 e. The first kappa shape index (κ1) is 12.0. The summed E-state index contributed by atoms with van der Waals surface area (Å²) < 4.78 is 12.1. The van der Waals surface area contributed by atoms with Gasteiger partial charge in [-0.1, -0.05) is 24.3 Å². The highest BCUT2D eigenvalue weighted by atomic mass is 32.2. The van der Waals surface area contributed by atoms with Crippen molar-refractivity contribution >= 4 is 10.8 Å². The Labute approximate surface area is 104 Å². The molecule has 1 heterocycles. The second-order valence-electron chi connectivity index (χ2n) is 4.08. The fourth-order valence-electron chi connectivity index (χ4n) is 1.60. The summed E-state index contributed by atoms with van der Waals surface area (Å²) in [6, 6.07) is 11.7. The van der Waals surface area contributed by atoms with E-state index in [1.165, 1.54) is 11.1 Å². The summed E-state index contributed by atoms with van der Waals surface area (Å²) in [7, 11) is -1.06. The largest absolute Gasteiger partial charge is 0.252 e. The third-order valence-corrected chi connectivity index (χ3v) is 4.04. The molecule has 2 rings (SSSR count). The number of hydrogen-bond donors (Lipinski definition) is 0. The molecule has 0 amide bonds. The first-order valence-electron chi connectivity index (χ1n) is 5.52. The summed E-state index contributed by atoms with van der Waals surface area (Å²) in [6.45, 7) is 4.15. The molecule has 2 aromatic rings. The van der Waals surface area contributed by atoms with Crippen molar-refractivity contribution in [1.82, 2.24) is 4.98 Å². The standard InChI is InChI=1S/C14H15NOS/c1-11-6-7-13(9-12(11)2)10-17(16)14-5-3-4-8-15-14/h3-9H,10H2,1-2H3. The molecule has 88 valence electrons. The van der Waals surface area contributed by atoms with Crippen molar-refractivity contribution in [3.8, 4) is 0 Å². The van der Waals surface area contributed by atoms with Crippen LogP contribution < -0.4 is 0 Å². The van der Waals surface area contributed by atoms with Gasteiger partial charge in [-0.15, -0.1) is 0 Å². The lowest BCUT2D eigenvalue weighted by atomic mass is 10.1. The number of hydrogen-bond acceptors (Lipinski definition) is 2. The van der Waals surface area contributed by atoms with Gasteiger partial charge in [0.2, 0.25) is 0 Å². The minimum absolute atomic E-state index is 0.526. The van der Waals surface area contributed by atoms with Crippen LogP contribution >= 0.6 is 0 Å². The molecule has 1 atom stereocenters. The van der Waals surface area contributed by atoms with Crippen LogP contribution in [0.3, 0.4) is 0 Å². The number of rotatable bonds is 3. The normalized spacial score (nSPS) is 12.4. The molecule has 0 aliphatic carbocycles. The number of pyridine rings is 1. The van der Waals surface area contributed by atoms with Crippen molar-refractivity contribution in [2.24, 2.45) is 0 Å². The Hall–Kier alpha value is -1.48. The average molecular weight is 245 g/mol. The van der Waals surface area contributed by atoms with Gasteiger partial charge in [0.25, 0.3) is 0 Å². The molecule has 3 heteroatoms. The molecule has 0 saturated heterocycles. The van der Waals surface area contributed by atoms with Gasteiger partial charge >= 0.3 is 0 Å². The third-order valence-electron chi connectivity index (χ3n) is 2.74. The Kier molecular flexibility index (Phi) is 3.69. The second kappa shape index (κ2) is 5.23. The molecule has 0 bridgehead atoms. The van der Waals surface area contributed by atoms with Gasteiger partial charge in [0.05, 0.1) is 16.6 Å². The Bertz CT molecular complexity index is 537. The zero-order chi connectivity index (χ0) is 12.3. The first-order valence-corrected chi connectivity index (χ1v) is 6.84. The van der Waals surface area contributed by atoms with Gasteiger partial charge in [-0.25, -0.2) is 4.98 Å². The summed E-state index contributed by atoms with van der Waals surface area (Å²) >= 11 is 0. The molecule has 0 aliphatic heterocycles. The highest BCUT2D eigenvalue weighted by molar-refractivity contribution is 7.84. The van der Waals surface area contributed by atoms with E-state index < -0.39 is 10.8 Å². The fraction of sp³-hybridized carbons (Fsp3) is 0.214. The minimum atomic E-state index is -1.06. The zero-order valence-electron chi connectivity index (χ0n) is 10.0. The number of benzene rings is 1. The van der Waals surface area contributed by atoms with Gasteiger partial charge in [0, 0.05) is 6.20 Å². The molecule has 0 N–H and O–H groups in total. The Balaban J connectivity index is 2.16. The topological polar surface area (TPSA) is 30.0 Å². The first-order chi connectivity index (χ1) is 8.16. The van der Waals surface area contributed by atoms with Crippen LogP contribution in [0.25, 0.3) is 0 Å². The molecule has 0 saturated carbocycles. The maximum absolute atomic E-state index is 12.1. The summed E-state index contributed by atoms with van der Waals surface area (Å²) in [6.07, 6.45) is 1.67. The summed E-state index contributed by atoms with van der Waals surface area (Å²) in [5.41, 5.74) is 3.59. The smallest absolute Gasteiger partial charge is 0.127 e. The van der Waals surface area contributed by atoms with Crippen LogP contribution in [0, 0.1) is 13.8 Å². The summed E-state index contributed by atoms with van der Waals surface area (Å²) in [5, 5.41) is 0.644. The van der Waals surface area contributed by atoms with Crippen molar-refractivity contribution in [1.29, 1.82) is 0 Å². The van der Waals surface area contributed by atoms with E-state index in [0.29, 0.717) is 10.8 Å². The lowest BCUT2D eigenvalue weighted by Gasteiger charge is -2.05. The average Bonchev–Trinajstić information content (AvgIpc) is 2.35. The van der Waals surface area contributed by atoms with E-state index >= 15 is 0 Å². The van der Waals surface area contributed by atoms with E-state index in [1.54, 1.807) is 12.3 Å². The van der Waals surface area contributed by atoms with Crippen molar-refractivity contribution < 1.29 is 4.21 Å². The van der Waals surface area contributed by atoms with Crippen molar-refractivity contribution in [2.75, 3.05) is 0 Å². The maximum atomic E-state index is 12.1. The number of aromatic nitrogens is 1. The number of aryl methyl sites for hydroxylation is 2. The predicted molar refractivity (Wildman–Crippen MR) is 70.3 cm³/mol. The van der Waals surface area contributed by atoms with Crippen LogP contribution in [-0.4, -0.2) is 9.19 Å². The van der Waals surface area contributed by atoms with Gasteiger partial charge in [-0.3, -0.25) is 4.21 Å². The monoisotopic (exact) mass is 245 g/mol. The van der Waals surface area contributed by atoms with Crippen LogP contribution in [0.4, 0.5) is 0 Å². The molecule has 1 aromatic carbocycles. The SMILES string of the molecule is Cc1ccc(CS(=O)c2ccccn2)cc1C. The van der Waals surface area contributed by atoms with E-state index in [-0.39, 0.29) is 0 Å². The van der Waals surface area contributed by atoms with E-state index in [0.717, 1.165) is 5.56 Å². The fourth-order valence-corrected chi connectivity index (χ4v) is 2.64. The lowest BCUT2D eigenvalue weighted by molar-refractivity contribution is 0.680. The Morgan fingerprint density at radius 2 is 1.94 bits per heavy atom. The molecule has 1 unspecified atom stereocenters. The van der Waals surface area contributed by atoms with Crippen molar-refractivity contribution in [3.63, 3.8) is 0 Å². The van der Waals surface area contributed by atoms with Crippen LogP contribution in [0.2, 0.25) is 0 Å². The van der Waals surface area contributed by atoms with Crippen LogP contribution in [-0.2, 0) is 16.6 Å². The quantitative estimate of drug-likeness (QED) is 0.832. The predicted octanol–water partition coefficient (Wildman–Crippen LogP) is 3.01. The summed E-state index contributed by atoms with van der Waals surface area (Å²) in [4.78, 5) is 4.11. The van der Waals surface area contributed by atoms with Gasteiger partial charge in [0.15, 0.2) is 0 Å². The lowest BCUT2D eigenvalue weighted by Crippen LogP contribution is -1.99. The van der Waals surface area contributed by atoms with Gasteiger partial charge in [-0.05, 0) is 42.7 Å². The maximum Gasteiger partial charge on any atom is 0.127 e. The molecule has 0 radical (unpaired) electrons. The van der Waals surface area contributed by atoms with Gasteiger partial charge in [-0.2, -0.15) is 0 Å². The second-order valence-corrected chi connectivity index (χ2v) is 5.47. The molecule has 0 spiro atoms. The van der Waals surface area contributed by atoms with Crippen LogP contribution in [0.1, 0.15) is 16.7 Å². The van der Waals surface area contributed by atoms with Crippen molar-refractivity contribution in [2.45, 2.75) is 24.6 Å². The molecular weight excluding hydrogens is 230 g/mol. The van der Waals surface area contributed by atoms with Gasteiger partial charge in [0.1, 0.15) is 5.03 Å². The highest BCUT2D eigenvalue weighted by Crippen LogP contribution is 2.14. The molecule has 0 fully saturated rings. The molecule has 0 aliphatic rings. The van der Waals surface area contributed by atoms with E-state index in [9.17, 15) is 4.21 Å². The highest BCUT2D eigenvalue weighted by Gasteiger charge is 2.06.